The van der Waals surface area contributed by atoms with Gasteiger partial charge >= 0.3 is 5.97 Å². The second-order valence-electron chi connectivity index (χ2n) is 6.67. The molecule has 0 unspecified atom stereocenters. The van der Waals surface area contributed by atoms with Crippen molar-refractivity contribution in [2.24, 2.45) is 0 Å². The van der Waals surface area contributed by atoms with Gasteiger partial charge in [0.1, 0.15) is 6.04 Å². The molecule has 0 bridgehead atoms. The standard InChI is InChI=1S/C24H22BrNO3/c1-29-24(28)21(16-17-12-14-20(25)15-13-17)26-23(27)22(18-8-4-2-5-9-18)19-10-6-3-7-11-19/h2-15,21-22H,16H2,1H3,(H,26,27)/t21-/m1/s1. The zero-order valence-corrected chi connectivity index (χ0v) is 17.6. The Balaban J connectivity index is 1.87. The molecule has 0 radical (unpaired) electrons. The average Bonchev–Trinajstić information content (AvgIpc) is 2.76. The SMILES string of the molecule is COC(=O)[C@@H](Cc1ccc(Br)cc1)NC(=O)C(c1ccccc1)c1ccccc1. The number of rotatable bonds is 7. The molecule has 0 aliphatic heterocycles. The quantitative estimate of drug-likeness (QED) is 0.538. The van der Waals surface area contributed by atoms with E-state index in [0.717, 1.165) is 21.2 Å². The number of ether oxygens (including phenoxy) is 1. The summed E-state index contributed by atoms with van der Waals surface area (Å²) in [6.07, 6.45) is 0.349. The minimum atomic E-state index is -0.774. The predicted octanol–water partition coefficient (Wildman–Crippen LogP) is 4.48. The fourth-order valence-electron chi connectivity index (χ4n) is 3.23. The van der Waals surface area contributed by atoms with E-state index in [9.17, 15) is 9.59 Å². The van der Waals surface area contributed by atoms with Crippen molar-refractivity contribution in [2.75, 3.05) is 7.11 Å². The van der Waals surface area contributed by atoms with Crippen LogP contribution in [0.2, 0.25) is 0 Å². The highest BCUT2D eigenvalue weighted by molar-refractivity contribution is 9.10. The maximum Gasteiger partial charge on any atom is 0.328 e. The summed E-state index contributed by atoms with van der Waals surface area (Å²) in [6.45, 7) is 0. The molecule has 0 heterocycles. The zero-order valence-electron chi connectivity index (χ0n) is 16.0. The fourth-order valence-corrected chi connectivity index (χ4v) is 3.50. The molecule has 3 aromatic carbocycles. The van der Waals surface area contributed by atoms with Crippen molar-refractivity contribution >= 4 is 27.8 Å². The molecule has 3 aromatic rings. The first-order valence-corrected chi connectivity index (χ1v) is 10.1. The van der Waals surface area contributed by atoms with Crippen LogP contribution in [0.15, 0.2) is 89.4 Å². The van der Waals surface area contributed by atoms with E-state index >= 15 is 0 Å². The van der Waals surface area contributed by atoms with Crippen molar-refractivity contribution in [1.82, 2.24) is 5.32 Å². The number of hydrogen-bond acceptors (Lipinski definition) is 3. The highest BCUT2D eigenvalue weighted by atomic mass is 79.9. The average molecular weight is 452 g/mol. The number of nitrogens with one attached hydrogen (secondary N) is 1. The summed E-state index contributed by atoms with van der Waals surface area (Å²) in [5.41, 5.74) is 2.66. The van der Waals surface area contributed by atoms with Gasteiger partial charge in [0.05, 0.1) is 13.0 Å². The van der Waals surface area contributed by atoms with Crippen molar-refractivity contribution < 1.29 is 14.3 Å². The lowest BCUT2D eigenvalue weighted by atomic mass is 9.90. The van der Waals surface area contributed by atoms with E-state index in [2.05, 4.69) is 21.2 Å². The van der Waals surface area contributed by atoms with E-state index in [1.807, 2.05) is 84.9 Å². The summed E-state index contributed by atoms with van der Waals surface area (Å²) in [5.74, 6) is -1.23. The van der Waals surface area contributed by atoms with Gasteiger partial charge in [-0.2, -0.15) is 0 Å². The maximum absolute atomic E-state index is 13.3. The Bertz CT molecular complexity index is 903. The topological polar surface area (TPSA) is 55.4 Å². The number of methoxy groups -OCH3 is 1. The molecule has 0 aliphatic rings. The van der Waals surface area contributed by atoms with E-state index < -0.39 is 17.9 Å². The molecule has 5 heteroatoms. The van der Waals surface area contributed by atoms with Crippen LogP contribution >= 0.6 is 15.9 Å². The summed E-state index contributed by atoms with van der Waals surface area (Å²) < 4.78 is 5.89. The first kappa shape index (κ1) is 20.8. The number of halogens is 1. The Morgan fingerprint density at radius 2 is 1.38 bits per heavy atom. The predicted molar refractivity (Wildman–Crippen MR) is 117 cm³/mol. The van der Waals surface area contributed by atoms with Crippen LogP contribution in [-0.4, -0.2) is 25.0 Å². The fraction of sp³-hybridized carbons (Fsp3) is 0.167. The van der Waals surface area contributed by atoms with Crippen molar-refractivity contribution in [3.63, 3.8) is 0 Å². The van der Waals surface area contributed by atoms with Gasteiger partial charge in [-0.15, -0.1) is 0 Å². The molecule has 0 spiro atoms. The van der Waals surface area contributed by atoms with Crippen LogP contribution in [0.4, 0.5) is 0 Å². The second-order valence-corrected chi connectivity index (χ2v) is 7.58. The van der Waals surface area contributed by atoms with Crippen LogP contribution in [0.3, 0.4) is 0 Å². The smallest absolute Gasteiger partial charge is 0.328 e. The summed E-state index contributed by atoms with van der Waals surface area (Å²) >= 11 is 3.40. The van der Waals surface area contributed by atoms with Gasteiger partial charge in [-0.05, 0) is 28.8 Å². The molecule has 148 valence electrons. The Hall–Kier alpha value is -2.92. The van der Waals surface area contributed by atoms with E-state index in [0.29, 0.717) is 6.42 Å². The van der Waals surface area contributed by atoms with Gasteiger partial charge < -0.3 is 10.1 Å². The molecule has 0 fully saturated rings. The highest BCUT2D eigenvalue weighted by Crippen LogP contribution is 2.25. The van der Waals surface area contributed by atoms with Gasteiger partial charge in [0.2, 0.25) is 5.91 Å². The van der Waals surface area contributed by atoms with Crippen LogP contribution in [0.25, 0.3) is 0 Å². The molecule has 1 N–H and O–H groups in total. The maximum atomic E-state index is 13.3. The lowest BCUT2D eigenvalue weighted by Gasteiger charge is -2.22. The molecule has 0 saturated heterocycles. The molecular formula is C24H22BrNO3. The highest BCUT2D eigenvalue weighted by Gasteiger charge is 2.28. The molecule has 0 aliphatic carbocycles. The largest absolute Gasteiger partial charge is 0.467 e. The van der Waals surface area contributed by atoms with Crippen molar-refractivity contribution in [3.8, 4) is 0 Å². The van der Waals surface area contributed by atoms with Gasteiger partial charge in [-0.25, -0.2) is 4.79 Å². The molecular weight excluding hydrogens is 430 g/mol. The van der Waals surface area contributed by atoms with E-state index in [1.54, 1.807) is 0 Å². The van der Waals surface area contributed by atoms with E-state index in [1.165, 1.54) is 7.11 Å². The molecule has 3 rings (SSSR count). The minimum absolute atomic E-state index is 0.241. The monoisotopic (exact) mass is 451 g/mol. The van der Waals surface area contributed by atoms with Crippen molar-refractivity contribution in [2.45, 2.75) is 18.4 Å². The first-order valence-electron chi connectivity index (χ1n) is 9.31. The lowest BCUT2D eigenvalue weighted by molar-refractivity contribution is -0.145. The summed E-state index contributed by atoms with van der Waals surface area (Å²) in [5, 5.41) is 2.90. The normalized spacial score (nSPS) is 11.7. The Morgan fingerprint density at radius 1 is 0.862 bits per heavy atom. The van der Waals surface area contributed by atoms with Gasteiger partial charge in [0, 0.05) is 10.9 Å². The number of benzene rings is 3. The lowest BCUT2D eigenvalue weighted by Crippen LogP contribution is -2.45. The number of hydrogen-bond donors (Lipinski definition) is 1. The molecule has 0 aromatic heterocycles. The number of carbonyl (C=O) groups is 2. The third-order valence-corrected chi connectivity index (χ3v) is 5.21. The second kappa shape index (κ2) is 10.0. The van der Waals surface area contributed by atoms with Gasteiger partial charge in [-0.1, -0.05) is 88.7 Å². The van der Waals surface area contributed by atoms with E-state index in [4.69, 9.17) is 4.74 Å². The third kappa shape index (κ3) is 5.55. The van der Waals surface area contributed by atoms with Crippen molar-refractivity contribution in [1.29, 1.82) is 0 Å². The van der Waals surface area contributed by atoms with Crippen LogP contribution in [-0.2, 0) is 20.7 Å². The zero-order chi connectivity index (χ0) is 20.6. The summed E-state index contributed by atoms with van der Waals surface area (Å²) in [7, 11) is 1.33. The van der Waals surface area contributed by atoms with E-state index in [-0.39, 0.29) is 5.91 Å². The Labute approximate surface area is 179 Å². The molecule has 4 nitrogen and oxygen atoms in total. The van der Waals surface area contributed by atoms with Crippen LogP contribution in [0.1, 0.15) is 22.6 Å². The van der Waals surface area contributed by atoms with Gasteiger partial charge in [0.25, 0.3) is 0 Å². The van der Waals surface area contributed by atoms with Gasteiger partial charge in [-0.3, -0.25) is 4.79 Å². The van der Waals surface area contributed by atoms with Crippen molar-refractivity contribution in [3.05, 3.63) is 106 Å². The summed E-state index contributed by atoms with van der Waals surface area (Å²) in [6, 6.07) is 26.0. The Morgan fingerprint density at radius 3 is 1.86 bits per heavy atom. The van der Waals surface area contributed by atoms with Crippen LogP contribution in [0, 0.1) is 0 Å². The van der Waals surface area contributed by atoms with Crippen LogP contribution < -0.4 is 5.32 Å². The molecule has 29 heavy (non-hydrogen) atoms. The summed E-state index contributed by atoms with van der Waals surface area (Å²) in [4.78, 5) is 25.7. The molecule has 0 saturated carbocycles. The number of amides is 1. The molecule has 1 atom stereocenters. The third-order valence-electron chi connectivity index (χ3n) is 4.68. The first-order chi connectivity index (χ1) is 14.1. The van der Waals surface area contributed by atoms with Gasteiger partial charge in [0.15, 0.2) is 0 Å². The minimum Gasteiger partial charge on any atom is -0.467 e. The number of esters is 1. The van der Waals surface area contributed by atoms with Crippen LogP contribution in [0.5, 0.6) is 0 Å². The Kier molecular flexibility index (Phi) is 7.19. The molecule has 1 amide bonds. The number of carbonyl (C=O) groups excluding carboxylic acids is 2.